The summed E-state index contributed by atoms with van der Waals surface area (Å²) in [7, 11) is 1.60. The molecule has 2 aromatic rings. The summed E-state index contributed by atoms with van der Waals surface area (Å²) < 4.78 is 12.0. The van der Waals surface area contributed by atoms with Gasteiger partial charge in [0.25, 0.3) is 5.91 Å². The summed E-state index contributed by atoms with van der Waals surface area (Å²) in [5, 5.41) is 29.8. The molecule has 190 valence electrons. The zero-order chi connectivity index (χ0) is 25.2. The number of nitrogens with zero attached hydrogens (tertiary/aromatic N) is 3. The van der Waals surface area contributed by atoms with E-state index in [1.54, 1.807) is 20.2 Å². The lowest BCUT2D eigenvalue weighted by Gasteiger charge is -2.34. The maximum atomic E-state index is 12.6. The van der Waals surface area contributed by atoms with Crippen LogP contribution in [0.2, 0.25) is 0 Å². The molecule has 3 N–H and O–H groups in total. The maximum absolute atomic E-state index is 12.6. The molecule has 0 saturated carbocycles. The first-order chi connectivity index (χ1) is 16.8. The van der Waals surface area contributed by atoms with Crippen molar-refractivity contribution < 1.29 is 29.6 Å². The van der Waals surface area contributed by atoms with Gasteiger partial charge in [-0.25, -0.2) is 4.98 Å². The van der Waals surface area contributed by atoms with Gasteiger partial charge in [0.2, 0.25) is 0 Å². The highest BCUT2D eigenvalue weighted by molar-refractivity contribution is 5.81. The summed E-state index contributed by atoms with van der Waals surface area (Å²) in [6, 6.07) is 11.6. The number of hydrogen-bond acceptors (Lipinski definition) is 8. The first-order valence-corrected chi connectivity index (χ1v) is 12.0. The number of hydrogen-bond donors (Lipinski definition) is 3. The van der Waals surface area contributed by atoms with Crippen LogP contribution in [0.15, 0.2) is 42.6 Å². The van der Waals surface area contributed by atoms with Gasteiger partial charge in [0, 0.05) is 43.6 Å². The number of aliphatic hydroxyl groups is 3. The molecule has 2 fully saturated rings. The number of anilines is 1. The lowest BCUT2D eigenvalue weighted by Crippen LogP contribution is -2.42. The predicted octanol–water partition coefficient (Wildman–Crippen LogP) is 1.41. The molecule has 35 heavy (non-hydrogen) atoms. The molecule has 2 aliphatic rings. The second-order valence-electron chi connectivity index (χ2n) is 9.72. The molecular formula is C26H35N3O6. The van der Waals surface area contributed by atoms with E-state index in [-0.39, 0.29) is 18.6 Å². The zero-order valence-electron chi connectivity index (χ0n) is 20.5. The number of methoxy groups -OCH3 is 1. The molecule has 5 atom stereocenters. The topological polar surface area (TPSA) is 116 Å². The van der Waals surface area contributed by atoms with Gasteiger partial charge in [0.1, 0.15) is 11.9 Å². The number of aliphatic hydroxyl groups excluding tert-OH is 3. The third-order valence-electron chi connectivity index (χ3n) is 7.46. The minimum Gasteiger partial charge on any atom is -0.493 e. The second-order valence-corrected chi connectivity index (χ2v) is 9.72. The molecule has 1 aromatic heterocycles. The van der Waals surface area contributed by atoms with Crippen LogP contribution in [0.3, 0.4) is 0 Å². The number of ether oxygens (including phenoxy) is 2. The number of carbonyl (C=O) groups excluding carboxylic acids is 1. The highest BCUT2D eigenvalue weighted by atomic mass is 16.5. The van der Waals surface area contributed by atoms with Crippen molar-refractivity contribution in [3.63, 3.8) is 0 Å². The Kier molecular flexibility index (Phi) is 7.49. The number of pyridine rings is 1. The summed E-state index contributed by atoms with van der Waals surface area (Å²) in [6.07, 6.45) is 0.423. The maximum Gasteiger partial charge on any atom is 0.253 e. The van der Waals surface area contributed by atoms with Crippen LogP contribution in [-0.4, -0.2) is 89.3 Å². The number of aromatic nitrogens is 1. The van der Waals surface area contributed by atoms with Crippen LogP contribution in [0.25, 0.3) is 0 Å². The van der Waals surface area contributed by atoms with Crippen molar-refractivity contribution in [3.05, 3.63) is 48.2 Å². The average Bonchev–Trinajstić information content (AvgIpc) is 3.49. The van der Waals surface area contributed by atoms with Gasteiger partial charge < -0.3 is 34.6 Å². The third kappa shape index (κ3) is 5.07. The Morgan fingerprint density at radius 3 is 2.69 bits per heavy atom. The fourth-order valence-corrected chi connectivity index (χ4v) is 5.14. The van der Waals surface area contributed by atoms with Gasteiger partial charge in [0.05, 0.1) is 26.4 Å². The van der Waals surface area contributed by atoms with Crippen LogP contribution < -0.4 is 14.4 Å². The smallest absolute Gasteiger partial charge is 0.253 e. The molecule has 1 amide bonds. The van der Waals surface area contributed by atoms with Crippen molar-refractivity contribution in [1.82, 2.24) is 9.88 Å². The van der Waals surface area contributed by atoms with Gasteiger partial charge >= 0.3 is 0 Å². The molecule has 0 spiro atoms. The third-order valence-corrected chi connectivity index (χ3v) is 7.46. The molecule has 2 saturated heterocycles. The van der Waals surface area contributed by atoms with Crippen LogP contribution in [0.1, 0.15) is 31.7 Å². The van der Waals surface area contributed by atoms with Crippen LogP contribution >= 0.6 is 0 Å². The van der Waals surface area contributed by atoms with Gasteiger partial charge in [0.15, 0.2) is 17.6 Å². The van der Waals surface area contributed by atoms with Gasteiger partial charge in [-0.3, -0.25) is 4.79 Å². The highest BCUT2D eigenvalue weighted by Crippen LogP contribution is 2.47. The predicted molar refractivity (Wildman–Crippen MR) is 131 cm³/mol. The average molecular weight is 486 g/mol. The lowest BCUT2D eigenvalue weighted by atomic mass is 9.72. The molecule has 0 aliphatic carbocycles. The van der Waals surface area contributed by atoms with Crippen molar-refractivity contribution in [1.29, 1.82) is 0 Å². The van der Waals surface area contributed by atoms with E-state index in [9.17, 15) is 20.1 Å². The molecule has 0 radical (unpaired) electrons. The Balaban J connectivity index is 1.56. The van der Waals surface area contributed by atoms with Gasteiger partial charge in [-0.05, 0) is 36.8 Å². The number of carbonyl (C=O) groups is 1. The van der Waals surface area contributed by atoms with Crippen LogP contribution in [0.5, 0.6) is 11.5 Å². The Morgan fingerprint density at radius 1 is 1.23 bits per heavy atom. The van der Waals surface area contributed by atoms with Gasteiger partial charge in [-0.2, -0.15) is 0 Å². The monoisotopic (exact) mass is 485 g/mol. The van der Waals surface area contributed by atoms with E-state index in [4.69, 9.17) is 9.47 Å². The van der Waals surface area contributed by atoms with Crippen LogP contribution in [-0.2, 0) is 4.79 Å². The molecule has 4 rings (SSSR count). The van der Waals surface area contributed by atoms with Crippen molar-refractivity contribution in [2.24, 2.45) is 5.41 Å². The molecule has 9 heteroatoms. The highest BCUT2D eigenvalue weighted by Gasteiger charge is 2.49. The van der Waals surface area contributed by atoms with Crippen molar-refractivity contribution in [2.75, 3.05) is 44.8 Å². The first-order valence-electron chi connectivity index (χ1n) is 12.0. The fourth-order valence-electron chi connectivity index (χ4n) is 5.14. The van der Waals surface area contributed by atoms with Gasteiger partial charge in [-0.1, -0.05) is 19.1 Å². The molecule has 9 nitrogen and oxygen atoms in total. The molecule has 1 aromatic carbocycles. The SMILES string of the molecule is COc1ccc([C@@H]2CN(C(=O)[C@@H](O)CO)C[C@@]2(C)[C@@H](C)O)cc1OC1CCN(c2ccccn2)C1. The minimum atomic E-state index is -1.47. The van der Waals surface area contributed by atoms with Crippen LogP contribution in [0.4, 0.5) is 5.82 Å². The van der Waals surface area contributed by atoms with Crippen molar-refractivity contribution in [3.8, 4) is 11.5 Å². The number of rotatable bonds is 8. The summed E-state index contributed by atoms with van der Waals surface area (Å²) in [5.41, 5.74) is 0.275. The van der Waals surface area contributed by atoms with E-state index in [1.165, 1.54) is 4.90 Å². The zero-order valence-corrected chi connectivity index (χ0v) is 20.5. The Morgan fingerprint density at radius 2 is 2.03 bits per heavy atom. The summed E-state index contributed by atoms with van der Waals surface area (Å²) in [5.74, 6) is 1.43. The van der Waals surface area contributed by atoms with Crippen LogP contribution in [0, 0.1) is 5.41 Å². The number of amides is 1. The standard InChI is InChI=1S/C26H35N3O6/c1-17(31)26(2)16-29(25(33)21(32)15-30)14-20(26)18-7-8-22(34-3)23(12-18)35-19-9-11-28(13-19)24-6-4-5-10-27-24/h4-8,10,12,17,19-21,30-32H,9,11,13-16H2,1-3H3/t17-,19?,20+,21+,26+/m1/s1. The largest absolute Gasteiger partial charge is 0.493 e. The van der Waals surface area contributed by atoms with Crippen molar-refractivity contribution >= 4 is 11.7 Å². The molecular weight excluding hydrogens is 450 g/mol. The first kappa shape index (κ1) is 25.2. The number of likely N-dealkylation sites (tertiary alicyclic amines) is 1. The quantitative estimate of drug-likeness (QED) is 0.514. The lowest BCUT2D eigenvalue weighted by molar-refractivity contribution is -0.141. The second kappa shape index (κ2) is 10.4. The van der Waals surface area contributed by atoms with Crippen molar-refractivity contribution in [2.45, 2.75) is 44.5 Å². The van der Waals surface area contributed by atoms with E-state index in [0.29, 0.717) is 24.6 Å². The molecule has 2 aliphatic heterocycles. The normalized spacial score (nSPS) is 26.0. The number of benzene rings is 1. The summed E-state index contributed by atoms with van der Waals surface area (Å²) in [6.45, 7) is 5.16. The van der Waals surface area contributed by atoms with Gasteiger partial charge in [-0.15, -0.1) is 0 Å². The Bertz CT molecular complexity index is 1020. The Hall–Kier alpha value is -2.88. The molecule has 3 heterocycles. The molecule has 1 unspecified atom stereocenters. The summed E-state index contributed by atoms with van der Waals surface area (Å²) >= 11 is 0. The van der Waals surface area contributed by atoms with E-state index in [2.05, 4.69) is 9.88 Å². The van der Waals surface area contributed by atoms with E-state index < -0.39 is 30.1 Å². The fraction of sp³-hybridized carbons (Fsp3) is 0.538. The minimum absolute atomic E-state index is 0.0364. The Labute approximate surface area is 205 Å². The van der Waals surface area contributed by atoms with E-state index in [0.717, 1.165) is 24.3 Å². The van der Waals surface area contributed by atoms with E-state index >= 15 is 0 Å². The summed E-state index contributed by atoms with van der Waals surface area (Å²) in [4.78, 5) is 20.7. The van der Waals surface area contributed by atoms with E-state index in [1.807, 2.05) is 43.3 Å². The molecule has 0 bridgehead atoms.